The molecule has 1 atom stereocenters. The molecule has 7 nitrogen and oxygen atoms in total. The van der Waals surface area contributed by atoms with Gasteiger partial charge < -0.3 is 10.2 Å². The zero-order valence-electron chi connectivity index (χ0n) is 18.6. The Balaban J connectivity index is 2.11. The Morgan fingerprint density at radius 1 is 0.969 bits per heavy atom. The molecule has 0 unspecified atom stereocenters. The van der Waals surface area contributed by atoms with E-state index in [0.29, 0.717) is 25.1 Å². The second-order valence-electron chi connectivity index (χ2n) is 7.36. The quantitative estimate of drug-likeness (QED) is 0.536. The Morgan fingerprint density at radius 2 is 1.56 bits per heavy atom. The molecule has 0 radical (unpaired) electrons. The van der Waals surface area contributed by atoms with Gasteiger partial charge in [-0.1, -0.05) is 31.2 Å². The number of likely N-dealkylation sites (N-methyl/N-ethyl adjacent to an activating group) is 1. The van der Waals surface area contributed by atoms with Crippen LogP contribution in [-0.4, -0.2) is 44.3 Å². The maximum Gasteiger partial charge on any atom is 0.242 e. The van der Waals surface area contributed by atoms with Gasteiger partial charge in [-0.05, 0) is 55.7 Å². The summed E-state index contributed by atoms with van der Waals surface area (Å²) in [4.78, 5) is 27.0. The third kappa shape index (κ3) is 7.13. The van der Waals surface area contributed by atoms with E-state index in [4.69, 9.17) is 0 Å². The smallest absolute Gasteiger partial charge is 0.242 e. The van der Waals surface area contributed by atoms with Gasteiger partial charge >= 0.3 is 0 Å². The van der Waals surface area contributed by atoms with Gasteiger partial charge in [-0.15, -0.1) is 0 Å². The molecule has 0 aromatic heterocycles. The topological polar surface area (TPSA) is 95.6 Å². The number of halogens is 1. The number of hydrogen-bond donors (Lipinski definition) is 2. The van der Waals surface area contributed by atoms with Crippen LogP contribution in [0, 0.1) is 5.82 Å². The largest absolute Gasteiger partial charge is 0.355 e. The molecule has 0 saturated carbocycles. The molecule has 0 aliphatic rings. The molecule has 0 bridgehead atoms. The van der Waals surface area contributed by atoms with E-state index in [2.05, 4.69) is 10.0 Å². The Hall–Kier alpha value is -2.78. The van der Waals surface area contributed by atoms with Gasteiger partial charge in [0.1, 0.15) is 11.9 Å². The van der Waals surface area contributed by atoms with E-state index in [0.717, 1.165) is 5.56 Å². The summed E-state index contributed by atoms with van der Waals surface area (Å²) in [6.07, 6.45) is 0.534. The highest BCUT2D eigenvalue weighted by atomic mass is 32.2. The number of aryl methyl sites for hydroxylation is 1. The zero-order chi connectivity index (χ0) is 23.7. The number of carbonyl (C=O) groups is 2. The third-order valence-corrected chi connectivity index (χ3v) is 6.54. The van der Waals surface area contributed by atoms with Gasteiger partial charge in [0.25, 0.3) is 0 Å². The van der Waals surface area contributed by atoms with Crippen LogP contribution in [0.4, 0.5) is 4.39 Å². The van der Waals surface area contributed by atoms with Gasteiger partial charge in [-0.3, -0.25) is 9.59 Å². The van der Waals surface area contributed by atoms with Crippen molar-refractivity contribution < 1.29 is 22.4 Å². The number of benzene rings is 2. The van der Waals surface area contributed by atoms with Crippen molar-refractivity contribution in [2.75, 3.05) is 13.1 Å². The molecule has 0 fully saturated rings. The predicted molar refractivity (Wildman–Crippen MR) is 121 cm³/mol. The minimum absolute atomic E-state index is 0.143. The molecule has 2 rings (SSSR count). The highest BCUT2D eigenvalue weighted by Gasteiger charge is 2.25. The lowest BCUT2D eigenvalue weighted by Gasteiger charge is -2.28. The molecule has 2 N–H and O–H groups in total. The van der Waals surface area contributed by atoms with Crippen molar-refractivity contribution in [3.05, 3.63) is 65.5 Å². The van der Waals surface area contributed by atoms with Crippen LogP contribution in [0.3, 0.4) is 0 Å². The van der Waals surface area contributed by atoms with Gasteiger partial charge in [0.15, 0.2) is 0 Å². The van der Waals surface area contributed by atoms with Crippen molar-refractivity contribution in [3.8, 4) is 0 Å². The molecule has 2 aromatic carbocycles. The van der Waals surface area contributed by atoms with Crippen LogP contribution in [-0.2, 0) is 32.6 Å². The molecule has 2 amide bonds. The fourth-order valence-corrected chi connectivity index (χ4v) is 4.24. The van der Waals surface area contributed by atoms with Crippen molar-refractivity contribution in [1.29, 1.82) is 0 Å². The molecule has 0 heterocycles. The summed E-state index contributed by atoms with van der Waals surface area (Å²) in [7, 11) is -3.53. The highest BCUT2D eigenvalue weighted by Crippen LogP contribution is 2.15. The fraction of sp³-hybridized carbons (Fsp3) is 0.391. The summed E-state index contributed by atoms with van der Waals surface area (Å²) in [6.45, 7) is 6.09. The second kappa shape index (κ2) is 11.7. The van der Waals surface area contributed by atoms with E-state index >= 15 is 0 Å². The third-order valence-electron chi connectivity index (χ3n) is 4.98. The molecule has 0 saturated heterocycles. The van der Waals surface area contributed by atoms with Crippen LogP contribution in [0.1, 0.15) is 38.3 Å². The van der Waals surface area contributed by atoms with Crippen LogP contribution < -0.4 is 10.0 Å². The molecule has 0 aliphatic carbocycles. The first-order valence-corrected chi connectivity index (χ1v) is 12.1. The summed E-state index contributed by atoms with van der Waals surface area (Å²) in [5.41, 5.74) is 1.52. The van der Waals surface area contributed by atoms with Crippen molar-refractivity contribution in [2.45, 2.75) is 51.1 Å². The number of nitrogens with zero attached hydrogens (tertiary/aromatic N) is 1. The highest BCUT2D eigenvalue weighted by molar-refractivity contribution is 7.89. The SMILES string of the molecule is CCNC(=O)[C@H](C)N(Cc1ccc(F)cc1)C(=O)CCc1ccc(S(=O)(=O)NCC)cc1. The number of rotatable bonds is 11. The number of sulfonamides is 1. The van der Waals surface area contributed by atoms with Gasteiger partial charge in [-0.2, -0.15) is 0 Å². The molecule has 0 spiro atoms. The van der Waals surface area contributed by atoms with E-state index in [1.165, 1.54) is 29.2 Å². The normalized spacial score (nSPS) is 12.2. The lowest BCUT2D eigenvalue weighted by atomic mass is 10.1. The predicted octanol–water partition coefficient (Wildman–Crippen LogP) is 2.61. The summed E-state index contributed by atoms with van der Waals surface area (Å²) in [5, 5.41) is 2.72. The first-order chi connectivity index (χ1) is 15.2. The Morgan fingerprint density at radius 3 is 2.12 bits per heavy atom. The van der Waals surface area contributed by atoms with E-state index < -0.39 is 16.1 Å². The molecular formula is C23H30FN3O4S. The van der Waals surface area contributed by atoms with Crippen LogP contribution in [0.25, 0.3) is 0 Å². The number of amides is 2. The Kier molecular flexibility index (Phi) is 9.34. The van der Waals surface area contributed by atoms with Crippen molar-refractivity contribution >= 4 is 21.8 Å². The average molecular weight is 464 g/mol. The number of hydrogen-bond acceptors (Lipinski definition) is 4. The van der Waals surface area contributed by atoms with Gasteiger partial charge in [0.2, 0.25) is 21.8 Å². The van der Waals surface area contributed by atoms with Gasteiger partial charge in [-0.25, -0.2) is 17.5 Å². The average Bonchev–Trinajstić information content (AvgIpc) is 2.77. The van der Waals surface area contributed by atoms with Crippen LogP contribution in [0.15, 0.2) is 53.4 Å². The van der Waals surface area contributed by atoms with E-state index in [-0.39, 0.29) is 35.5 Å². The lowest BCUT2D eigenvalue weighted by molar-refractivity contribution is -0.140. The second-order valence-corrected chi connectivity index (χ2v) is 9.13. The Bertz CT molecular complexity index is 1010. The number of nitrogens with one attached hydrogen (secondary N) is 2. The molecule has 2 aromatic rings. The minimum Gasteiger partial charge on any atom is -0.355 e. The lowest BCUT2D eigenvalue weighted by Crippen LogP contribution is -2.47. The monoisotopic (exact) mass is 463 g/mol. The van der Waals surface area contributed by atoms with Crippen LogP contribution in [0.2, 0.25) is 0 Å². The van der Waals surface area contributed by atoms with E-state index in [9.17, 15) is 22.4 Å². The number of carbonyl (C=O) groups excluding carboxylic acids is 2. The van der Waals surface area contributed by atoms with Crippen LogP contribution in [0.5, 0.6) is 0 Å². The van der Waals surface area contributed by atoms with Crippen molar-refractivity contribution in [2.24, 2.45) is 0 Å². The molecular weight excluding hydrogens is 433 g/mol. The first kappa shape index (κ1) is 25.5. The van der Waals surface area contributed by atoms with E-state index in [1.807, 2.05) is 0 Å². The van der Waals surface area contributed by atoms with Gasteiger partial charge in [0, 0.05) is 26.1 Å². The Labute approximate surface area is 189 Å². The summed E-state index contributed by atoms with van der Waals surface area (Å²) >= 11 is 0. The maximum absolute atomic E-state index is 13.2. The van der Waals surface area contributed by atoms with E-state index in [1.54, 1.807) is 45.0 Å². The minimum atomic E-state index is -3.53. The van der Waals surface area contributed by atoms with Crippen LogP contribution >= 0.6 is 0 Å². The first-order valence-electron chi connectivity index (χ1n) is 10.6. The standard InChI is InChI=1S/C23H30FN3O4S/c1-4-25-23(29)17(3)27(16-19-6-11-20(24)12-7-19)22(28)15-10-18-8-13-21(14-9-18)32(30,31)26-5-2/h6-9,11-14,17,26H,4-5,10,15-16H2,1-3H3,(H,25,29)/t17-/m0/s1. The van der Waals surface area contributed by atoms with Crippen molar-refractivity contribution in [3.63, 3.8) is 0 Å². The van der Waals surface area contributed by atoms with Crippen molar-refractivity contribution in [1.82, 2.24) is 14.9 Å². The summed E-state index contributed by atoms with van der Waals surface area (Å²) < 4.78 is 39.8. The molecule has 9 heteroatoms. The summed E-state index contributed by atoms with van der Waals surface area (Å²) in [5.74, 6) is -0.860. The molecule has 0 aliphatic heterocycles. The molecule has 32 heavy (non-hydrogen) atoms. The van der Waals surface area contributed by atoms with Gasteiger partial charge in [0.05, 0.1) is 4.90 Å². The molecule has 174 valence electrons. The zero-order valence-corrected chi connectivity index (χ0v) is 19.4. The summed E-state index contributed by atoms with van der Waals surface area (Å²) in [6, 6.07) is 11.5. The maximum atomic E-state index is 13.2. The fourth-order valence-electron chi connectivity index (χ4n) is 3.19.